The number of nitrogens with two attached hydrogens (primary N) is 1. The number of alkyl halides is 3. The highest BCUT2D eigenvalue weighted by molar-refractivity contribution is 6.30. The van der Waals surface area contributed by atoms with Crippen molar-refractivity contribution in [2.45, 2.75) is 19.3 Å². The first-order valence-corrected chi connectivity index (χ1v) is 10.8. The lowest BCUT2D eigenvalue weighted by Crippen LogP contribution is -3.04. The molecule has 0 bridgehead atoms. The zero-order valence-corrected chi connectivity index (χ0v) is 19.2. The minimum atomic E-state index is -5.19. The Kier molecular flexibility index (Phi) is 6.10. The molecule has 2 amide bonds. The first-order chi connectivity index (χ1) is 15.9. The molecule has 3 aliphatic heterocycles. The van der Waals surface area contributed by atoms with E-state index in [9.17, 15) is 18.0 Å². The Labute approximate surface area is 197 Å². The molecule has 2 N–H and O–H groups in total. The highest BCUT2D eigenvalue weighted by Crippen LogP contribution is 2.37. The van der Waals surface area contributed by atoms with Gasteiger partial charge < -0.3 is 29.9 Å². The summed E-state index contributed by atoms with van der Waals surface area (Å²) in [4.78, 5) is 27.1. The van der Waals surface area contributed by atoms with Crippen LogP contribution in [0, 0.1) is 5.41 Å². The Morgan fingerprint density at radius 3 is 2.35 bits per heavy atom. The standard InChI is InChI=1S/C18H22ClN7O.C2HF3O2/c1-23(2)17(27)24-6-12-5-13(19)3-4-14(12)26-15(7-24)21-22-16(26)25-10-18(11-25)8-20-9-18;3-2(4,5)1(6)7/h3-5,20H,6-11H2,1-2H3;(H,6,7). The molecule has 3 aliphatic rings. The molecule has 14 heteroatoms. The molecular weight excluding hydrogens is 479 g/mol. The predicted octanol–water partition coefficient (Wildman–Crippen LogP) is -0.400. The quantitative estimate of drug-likeness (QED) is 0.569. The molecule has 2 fully saturated rings. The third kappa shape index (κ3) is 4.49. The highest BCUT2D eigenvalue weighted by Gasteiger charge is 2.53. The van der Waals surface area contributed by atoms with Gasteiger partial charge in [-0.15, -0.1) is 10.2 Å². The van der Waals surface area contributed by atoms with Gasteiger partial charge in [0.15, 0.2) is 5.82 Å². The number of anilines is 1. The SMILES string of the molecule is CN(C)C(=O)N1Cc2cc(Cl)ccc2-n2c(nnc2N2CC3(C[NH2+]C3)C2)C1.O=C([O-])C(F)(F)F. The smallest absolute Gasteiger partial charge is 0.430 e. The van der Waals surface area contributed by atoms with E-state index in [-0.39, 0.29) is 6.03 Å². The van der Waals surface area contributed by atoms with Crippen molar-refractivity contribution < 1.29 is 33.2 Å². The summed E-state index contributed by atoms with van der Waals surface area (Å²) in [6, 6.07) is 5.77. The summed E-state index contributed by atoms with van der Waals surface area (Å²) in [7, 11) is 3.52. The molecule has 0 aliphatic carbocycles. The maximum absolute atomic E-state index is 12.6. The van der Waals surface area contributed by atoms with Gasteiger partial charge in [-0.25, -0.2) is 4.79 Å². The van der Waals surface area contributed by atoms with Gasteiger partial charge in [0.25, 0.3) is 0 Å². The molecule has 0 radical (unpaired) electrons. The van der Waals surface area contributed by atoms with Crippen molar-refractivity contribution in [2.75, 3.05) is 45.2 Å². The normalized spacial score (nSPS) is 17.9. The number of carbonyl (C=O) groups is 2. The van der Waals surface area contributed by atoms with Gasteiger partial charge in [-0.3, -0.25) is 4.57 Å². The summed E-state index contributed by atoms with van der Waals surface area (Å²) in [5.41, 5.74) is 2.46. The molecule has 2 saturated heterocycles. The zero-order chi connectivity index (χ0) is 24.8. The first-order valence-electron chi connectivity index (χ1n) is 10.4. The summed E-state index contributed by atoms with van der Waals surface area (Å²) in [5, 5.41) is 20.7. The number of hydrogen-bond acceptors (Lipinski definition) is 6. The molecule has 184 valence electrons. The number of quaternary nitrogens is 1. The Morgan fingerprint density at radius 2 is 1.82 bits per heavy atom. The summed E-state index contributed by atoms with van der Waals surface area (Å²) < 4.78 is 33.6. The number of nitrogens with zero attached hydrogens (tertiary/aromatic N) is 6. The summed E-state index contributed by atoms with van der Waals surface area (Å²) in [6.45, 7) is 5.34. The average Bonchev–Trinajstić information content (AvgIpc) is 3.00. The van der Waals surface area contributed by atoms with Crippen LogP contribution in [-0.2, 0) is 17.9 Å². The van der Waals surface area contributed by atoms with Gasteiger partial charge in [-0.2, -0.15) is 13.2 Å². The van der Waals surface area contributed by atoms with Crippen LogP contribution in [-0.4, -0.2) is 83.0 Å². The second-order valence-corrected chi connectivity index (χ2v) is 9.33. The van der Waals surface area contributed by atoms with Crippen LogP contribution in [0.4, 0.5) is 23.9 Å². The average molecular weight is 502 g/mol. The Balaban J connectivity index is 0.000000344. The molecule has 4 heterocycles. The predicted molar refractivity (Wildman–Crippen MR) is 112 cm³/mol. The van der Waals surface area contributed by atoms with E-state index in [1.54, 1.807) is 23.9 Å². The van der Waals surface area contributed by atoms with E-state index in [1.165, 1.54) is 13.1 Å². The largest absolute Gasteiger partial charge is 0.542 e. The van der Waals surface area contributed by atoms with Gasteiger partial charge in [-0.1, -0.05) is 11.6 Å². The van der Waals surface area contributed by atoms with Crippen LogP contribution < -0.4 is 15.3 Å². The van der Waals surface area contributed by atoms with E-state index in [0.29, 0.717) is 23.5 Å². The molecule has 0 atom stereocenters. The molecule has 10 nitrogen and oxygen atoms in total. The number of urea groups is 1. The number of carboxylic acid groups (broad SMARTS) is 1. The number of amides is 2. The van der Waals surface area contributed by atoms with Crippen molar-refractivity contribution in [1.29, 1.82) is 0 Å². The minimum Gasteiger partial charge on any atom is -0.542 e. The van der Waals surface area contributed by atoms with Crippen molar-refractivity contribution in [3.05, 3.63) is 34.6 Å². The first kappa shape index (κ1) is 24.1. The fraction of sp³-hybridized carbons (Fsp3) is 0.500. The number of halogens is 4. The van der Waals surface area contributed by atoms with Crippen molar-refractivity contribution in [3.8, 4) is 5.69 Å². The maximum Gasteiger partial charge on any atom is 0.430 e. The van der Waals surface area contributed by atoms with E-state index in [0.717, 1.165) is 36.1 Å². The van der Waals surface area contributed by atoms with Crippen LogP contribution in [0.3, 0.4) is 0 Å². The molecule has 1 spiro atoms. The molecule has 0 saturated carbocycles. The molecule has 1 aromatic heterocycles. The molecule has 0 unspecified atom stereocenters. The number of rotatable bonds is 1. The van der Waals surface area contributed by atoms with Gasteiger partial charge in [0, 0.05) is 32.2 Å². The summed E-state index contributed by atoms with van der Waals surface area (Å²) in [5.74, 6) is -1.36. The van der Waals surface area contributed by atoms with E-state index >= 15 is 0 Å². The topological polar surface area (TPSA) is 114 Å². The minimum absolute atomic E-state index is 0.0492. The molecule has 1 aromatic carbocycles. The lowest BCUT2D eigenvalue weighted by atomic mass is 9.75. The molecule has 5 rings (SSSR count). The lowest BCUT2D eigenvalue weighted by Gasteiger charge is -2.52. The van der Waals surface area contributed by atoms with Gasteiger partial charge >= 0.3 is 12.2 Å². The monoisotopic (exact) mass is 501 g/mol. The number of aromatic nitrogens is 3. The Hall–Kier alpha value is -3.06. The fourth-order valence-electron chi connectivity index (χ4n) is 4.33. The number of fused-ring (bicyclic) bond motifs is 3. The second kappa shape index (κ2) is 8.62. The van der Waals surface area contributed by atoms with Crippen LogP contribution in [0.1, 0.15) is 11.4 Å². The van der Waals surface area contributed by atoms with Gasteiger partial charge in [0.05, 0.1) is 31.9 Å². The fourth-order valence-corrected chi connectivity index (χ4v) is 4.52. The maximum atomic E-state index is 12.6. The number of benzene rings is 1. The van der Waals surface area contributed by atoms with Crippen LogP contribution in [0.25, 0.3) is 5.69 Å². The highest BCUT2D eigenvalue weighted by atomic mass is 35.5. The van der Waals surface area contributed by atoms with Crippen molar-refractivity contribution in [1.82, 2.24) is 24.6 Å². The number of carboxylic acids is 1. The van der Waals surface area contributed by atoms with Crippen LogP contribution >= 0.6 is 11.6 Å². The zero-order valence-electron chi connectivity index (χ0n) is 18.5. The molecule has 34 heavy (non-hydrogen) atoms. The van der Waals surface area contributed by atoms with Crippen molar-refractivity contribution >= 4 is 29.5 Å². The summed E-state index contributed by atoms with van der Waals surface area (Å²) >= 11 is 6.26. The van der Waals surface area contributed by atoms with Crippen molar-refractivity contribution in [3.63, 3.8) is 0 Å². The number of aliphatic carboxylic acids is 1. The van der Waals surface area contributed by atoms with E-state index in [1.807, 2.05) is 18.2 Å². The molecular formula is C20H23ClF3N7O3. The van der Waals surface area contributed by atoms with Gasteiger partial charge in [0.1, 0.15) is 11.4 Å². The second-order valence-electron chi connectivity index (χ2n) is 8.90. The van der Waals surface area contributed by atoms with E-state index in [4.69, 9.17) is 21.5 Å². The lowest BCUT2D eigenvalue weighted by molar-refractivity contribution is -0.742. The van der Waals surface area contributed by atoms with E-state index in [2.05, 4.69) is 25.0 Å². The third-order valence-electron chi connectivity index (χ3n) is 6.06. The van der Waals surface area contributed by atoms with Crippen molar-refractivity contribution in [2.24, 2.45) is 5.41 Å². The third-order valence-corrected chi connectivity index (χ3v) is 6.30. The Morgan fingerprint density at radius 1 is 1.18 bits per heavy atom. The van der Waals surface area contributed by atoms with Gasteiger partial charge in [0.2, 0.25) is 5.95 Å². The van der Waals surface area contributed by atoms with Crippen LogP contribution in [0.2, 0.25) is 5.02 Å². The van der Waals surface area contributed by atoms with Crippen LogP contribution in [0.15, 0.2) is 18.2 Å². The number of hydrogen-bond donors (Lipinski definition) is 1. The van der Waals surface area contributed by atoms with Gasteiger partial charge in [-0.05, 0) is 23.8 Å². The Bertz CT molecular complexity index is 1110. The molecule has 2 aromatic rings. The number of carbonyl (C=O) groups excluding carboxylic acids is 2. The summed E-state index contributed by atoms with van der Waals surface area (Å²) in [6.07, 6.45) is -5.19. The van der Waals surface area contributed by atoms with E-state index < -0.39 is 12.1 Å². The van der Waals surface area contributed by atoms with Crippen LogP contribution in [0.5, 0.6) is 0 Å².